The lowest BCUT2D eigenvalue weighted by atomic mass is 9.52. The standard InChI is InChI=1S/C25H28ClNO/c1-24(2)22(20-9-5-7-16-6-3-4-8-19(16)20)27(23(24)28)21-17-10-15-11-18(21)14-25(26,12-15)13-17/h3-9,15,17-18,21-22H,10-14H2,1-2H3/t15?,17?,18?,21-,22?,25-. The Morgan fingerprint density at radius 3 is 2.36 bits per heavy atom. The normalized spacial score (nSPS) is 40.8. The smallest absolute Gasteiger partial charge is 0.231 e. The molecule has 4 aliphatic carbocycles. The Morgan fingerprint density at radius 2 is 1.64 bits per heavy atom. The molecule has 3 unspecified atom stereocenters. The predicted octanol–water partition coefficient (Wildman–Crippen LogP) is 5.94. The quantitative estimate of drug-likeness (QED) is 0.457. The Bertz CT molecular complexity index is 960. The Kier molecular flexibility index (Phi) is 3.43. The maximum Gasteiger partial charge on any atom is 0.231 e. The highest BCUT2D eigenvalue weighted by molar-refractivity contribution is 6.24. The summed E-state index contributed by atoms with van der Waals surface area (Å²) in [5, 5.41) is 2.55. The number of likely N-dealkylation sites (tertiary alicyclic amines) is 1. The molecule has 1 saturated heterocycles. The van der Waals surface area contributed by atoms with Crippen molar-refractivity contribution in [3.8, 4) is 0 Å². The number of amides is 1. The Balaban J connectivity index is 1.44. The Labute approximate surface area is 172 Å². The molecule has 4 bridgehead atoms. The van der Waals surface area contributed by atoms with E-state index < -0.39 is 0 Å². The van der Waals surface area contributed by atoms with E-state index in [4.69, 9.17) is 11.6 Å². The minimum Gasteiger partial charge on any atom is -0.330 e. The summed E-state index contributed by atoms with van der Waals surface area (Å²) in [4.78, 5) is 15.7. The largest absolute Gasteiger partial charge is 0.330 e. The molecular weight excluding hydrogens is 366 g/mol. The molecule has 5 fully saturated rings. The van der Waals surface area contributed by atoms with E-state index in [0.717, 1.165) is 18.8 Å². The second-order valence-corrected chi connectivity index (χ2v) is 11.3. The minimum absolute atomic E-state index is 0.0192. The summed E-state index contributed by atoms with van der Waals surface area (Å²) < 4.78 is 0. The van der Waals surface area contributed by atoms with Crippen molar-refractivity contribution in [2.45, 2.75) is 62.9 Å². The molecule has 7 rings (SSSR count). The van der Waals surface area contributed by atoms with Crippen molar-refractivity contribution >= 4 is 28.3 Å². The fraction of sp³-hybridized carbons (Fsp3) is 0.560. The maximum atomic E-state index is 13.4. The van der Waals surface area contributed by atoms with Crippen LogP contribution in [0.4, 0.5) is 0 Å². The molecular formula is C25H28ClNO. The van der Waals surface area contributed by atoms with Crippen LogP contribution in [0.1, 0.15) is 57.6 Å². The number of alkyl halides is 1. The molecule has 28 heavy (non-hydrogen) atoms. The van der Waals surface area contributed by atoms with Crippen LogP contribution < -0.4 is 0 Å². The van der Waals surface area contributed by atoms with Gasteiger partial charge in [0.15, 0.2) is 0 Å². The molecule has 0 N–H and O–H groups in total. The number of rotatable bonds is 2. The van der Waals surface area contributed by atoms with E-state index >= 15 is 0 Å². The zero-order valence-electron chi connectivity index (χ0n) is 16.7. The summed E-state index contributed by atoms with van der Waals surface area (Å²) in [5.74, 6) is 2.29. The molecule has 1 amide bonds. The molecule has 3 atom stereocenters. The molecule has 146 valence electrons. The molecule has 0 spiro atoms. The summed E-state index contributed by atoms with van der Waals surface area (Å²) in [7, 11) is 0. The predicted molar refractivity (Wildman–Crippen MR) is 113 cm³/mol. The topological polar surface area (TPSA) is 20.3 Å². The van der Waals surface area contributed by atoms with Crippen molar-refractivity contribution in [2.24, 2.45) is 23.2 Å². The molecule has 1 aliphatic heterocycles. The minimum atomic E-state index is -0.336. The Morgan fingerprint density at radius 1 is 0.964 bits per heavy atom. The third kappa shape index (κ3) is 2.19. The Hall–Kier alpha value is -1.54. The number of halogens is 1. The van der Waals surface area contributed by atoms with Gasteiger partial charge in [0.25, 0.3) is 0 Å². The number of hydrogen-bond acceptors (Lipinski definition) is 1. The molecule has 2 aromatic rings. The van der Waals surface area contributed by atoms with Gasteiger partial charge in [0.2, 0.25) is 5.91 Å². The van der Waals surface area contributed by atoms with E-state index in [9.17, 15) is 4.79 Å². The number of hydrogen-bond donors (Lipinski definition) is 0. The lowest BCUT2D eigenvalue weighted by Gasteiger charge is -2.66. The highest BCUT2D eigenvalue weighted by atomic mass is 35.5. The fourth-order valence-corrected chi connectivity index (χ4v) is 8.15. The zero-order chi connectivity index (χ0) is 19.3. The van der Waals surface area contributed by atoms with Crippen LogP contribution in [0.25, 0.3) is 10.8 Å². The summed E-state index contributed by atoms with van der Waals surface area (Å²) in [6, 6.07) is 15.7. The summed E-state index contributed by atoms with van der Waals surface area (Å²) >= 11 is 6.98. The van der Waals surface area contributed by atoms with Gasteiger partial charge in [-0.3, -0.25) is 4.79 Å². The van der Waals surface area contributed by atoms with Crippen LogP contribution >= 0.6 is 11.6 Å². The number of fused-ring (bicyclic) bond motifs is 1. The summed E-state index contributed by atoms with van der Waals surface area (Å²) in [6.07, 6.45) is 5.92. The van der Waals surface area contributed by atoms with E-state index in [1.807, 2.05) is 0 Å². The van der Waals surface area contributed by atoms with Crippen LogP contribution in [0.2, 0.25) is 0 Å². The van der Waals surface area contributed by atoms with E-state index in [1.54, 1.807) is 0 Å². The van der Waals surface area contributed by atoms with Gasteiger partial charge in [0.1, 0.15) is 0 Å². The van der Waals surface area contributed by atoms with Crippen LogP contribution in [0, 0.1) is 23.2 Å². The van der Waals surface area contributed by atoms with Gasteiger partial charge in [-0.2, -0.15) is 0 Å². The van der Waals surface area contributed by atoms with Crippen LogP contribution in [0.5, 0.6) is 0 Å². The van der Waals surface area contributed by atoms with E-state index in [2.05, 4.69) is 61.2 Å². The first-order valence-electron chi connectivity index (χ1n) is 10.9. The van der Waals surface area contributed by atoms with E-state index in [1.165, 1.54) is 35.6 Å². The first-order chi connectivity index (χ1) is 13.4. The van der Waals surface area contributed by atoms with Gasteiger partial charge in [0.05, 0.1) is 11.5 Å². The fourth-order valence-electron chi connectivity index (χ4n) is 7.54. The number of carbonyl (C=O) groups is 1. The van der Waals surface area contributed by atoms with Gasteiger partial charge in [-0.1, -0.05) is 42.5 Å². The molecule has 0 aromatic heterocycles. The first kappa shape index (κ1) is 17.3. The zero-order valence-corrected chi connectivity index (χ0v) is 17.5. The van der Waals surface area contributed by atoms with Crippen LogP contribution in [0.3, 0.4) is 0 Å². The van der Waals surface area contributed by atoms with Gasteiger partial charge < -0.3 is 4.90 Å². The first-order valence-corrected chi connectivity index (χ1v) is 11.2. The SMILES string of the molecule is CC1(C)C(=O)N([C@H]2C3CC4CC2C[C@](Cl)(C4)C3)C1c1cccc2ccccc12. The maximum absolute atomic E-state index is 13.4. The van der Waals surface area contributed by atoms with Crippen molar-refractivity contribution in [1.29, 1.82) is 0 Å². The van der Waals surface area contributed by atoms with Gasteiger partial charge in [-0.15, -0.1) is 11.6 Å². The monoisotopic (exact) mass is 393 g/mol. The van der Waals surface area contributed by atoms with Crippen molar-refractivity contribution in [3.63, 3.8) is 0 Å². The lowest BCUT2D eigenvalue weighted by molar-refractivity contribution is -0.190. The van der Waals surface area contributed by atoms with Crippen molar-refractivity contribution < 1.29 is 4.79 Å². The highest BCUT2D eigenvalue weighted by Crippen LogP contribution is 2.63. The van der Waals surface area contributed by atoms with Crippen molar-refractivity contribution in [1.82, 2.24) is 4.90 Å². The number of carbonyl (C=O) groups excluding carboxylic acids is 1. The van der Waals surface area contributed by atoms with Crippen LogP contribution in [0.15, 0.2) is 42.5 Å². The second-order valence-electron chi connectivity index (χ2n) is 10.5. The molecule has 5 aliphatic rings. The third-order valence-electron chi connectivity index (χ3n) is 8.34. The number of β-lactam (4-membered cyclic amide) rings is 1. The molecule has 3 heteroatoms. The average Bonchev–Trinajstić information content (AvgIpc) is 2.65. The van der Waals surface area contributed by atoms with Crippen LogP contribution in [-0.4, -0.2) is 21.7 Å². The number of nitrogens with zero attached hydrogens (tertiary/aromatic N) is 1. The highest BCUT2D eigenvalue weighted by Gasteiger charge is 2.64. The van der Waals surface area contributed by atoms with Crippen molar-refractivity contribution in [3.05, 3.63) is 48.0 Å². The van der Waals surface area contributed by atoms with E-state index in [-0.39, 0.29) is 16.3 Å². The molecule has 2 aromatic carbocycles. The van der Waals surface area contributed by atoms with Gasteiger partial charge in [-0.05, 0) is 80.0 Å². The molecule has 4 saturated carbocycles. The van der Waals surface area contributed by atoms with Gasteiger partial charge in [0, 0.05) is 10.9 Å². The van der Waals surface area contributed by atoms with Crippen molar-refractivity contribution in [2.75, 3.05) is 0 Å². The second kappa shape index (κ2) is 5.53. The van der Waals surface area contributed by atoms with E-state index in [0.29, 0.717) is 23.8 Å². The van der Waals surface area contributed by atoms with Crippen LogP contribution in [-0.2, 0) is 4.79 Å². The lowest BCUT2D eigenvalue weighted by Crippen LogP contribution is -2.70. The van der Waals surface area contributed by atoms with Gasteiger partial charge in [-0.25, -0.2) is 0 Å². The average molecular weight is 394 g/mol. The number of benzene rings is 2. The molecule has 0 radical (unpaired) electrons. The van der Waals surface area contributed by atoms with Gasteiger partial charge >= 0.3 is 0 Å². The summed E-state index contributed by atoms with van der Waals surface area (Å²) in [5.41, 5.74) is 0.981. The molecule has 2 nitrogen and oxygen atoms in total. The summed E-state index contributed by atoms with van der Waals surface area (Å²) in [6.45, 7) is 4.27. The third-order valence-corrected chi connectivity index (χ3v) is 8.80. The molecule has 1 heterocycles.